The molecule has 0 bridgehead atoms. The van der Waals surface area contributed by atoms with Crippen molar-refractivity contribution in [3.8, 4) is 11.1 Å². The van der Waals surface area contributed by atoms with Gasteiger partial charge < -0.3 is 31.6 Å². The summed E-state index contributed by atoms with van der Waals surface area (Å²) in [5, 5.41) is 18.0. The quantitative estimate of drug-likeness (QED) is 0.216. The van der Waals surface area contributed by atoms with Crippen molar-refractivity contribution in [3.05, 3.63) is 59.7 Å². The van der Waals surface area contributed by atoms with Crippen molar-refractivity contribution in [3.63, 3.8) is 0 Å². The number of carbonyl (C=O) groups excluding carboxylic acids is 2. The van der Waals surface area contributed by atoms with Gasteiger partial charge in [-0.05, 0) is 29.1 Å². The fourth-order valence-electron chi connectivity index (χ4n) is 4.52. The molecule has 6 N–H and O–H groups in total. The summed E-state index contributed by atoms with van der Waals surface area (Å²) in [5.41, 5.74) is 11.3. The van der Waals surface area contributed by atoms with Gasteiger partial charge >= 0.3 is 0 Å². The third kappa shape index (κ3) is 3.75. The Morgan fingerprint density at radius 2 is 1.75 bits per heavy atom. The molecule has 32 heavy (non-hydrogen) atoms. The summed E-state index contributed by atoms with van der Waals surface area (Å²) >= 11 is 0. The van der Waals surface area contributed by atoms with Crippen molar-refractivity contribution in [2.24, 2.45) is 16.6 Å². The number of oxime groups is 1. The molecule has 0 spiro atoms. The third-order valence-corrected chi connectivity index (χ3v) is 5.93. The van der Waals surface area contributed by atoms with Crippen LogP contribution < -0.4 is 16.8 Å². The lowest BCUT2D eigenvalue weighted by molar-refractivity contribution is -0.151. The highest BCUT2D eigenvalue weighted by molar-refractivity contribution is 6.00. The van der Waals surface area contributed by atoms with E-state index < -0.39 is 17.6 Å². The van der Waals surface area contributed by atoms with Crippen LogP contribution in [-0.2, 0) is 20.0 Å². The largest absolute Gasteiger partial charge is 0.393 e. The summed E-state index contributed by atoms with van der Waals surface area (Å²) in [6, 6.07) is 14.1. The van der Waals surface area contributed by atoms with Crippen LogP contribution in [0.25, 0.3) is 11.1 Å². The number of likely N-dealkylation sites (tertiary alicyclic amines) is 1. The van der Waals surface area contributed by atoms with Crippen LogP contribution in [0.4, 0.5) is 0 Å². The number of guanidine groups is 1. The number of hydrogen-bond donors (Lipinski definition) is 4. The second-order valence-corrected chi connectivity index (χ2v) is 7.95. The van der Waals surface area contributed by atoms with E-state index in [0.29, 0.717) is 43.5 Å². The molecule has 1 aliphatic carbocycles. The van der Waals surface area contributed by atoms with E-state index in [1.165, 1.54) is 4.90 Å². The van der Waals surface area contributed by atoms with Gasteiger partial charge in [0.15, 0.2) is 5.60 Å². The van der Waals surface area contributed by atoms with Crippen LogP contribution in [0.1, 0.15) is 30.4 Å². The summed E-state index contributed by atoms with van der Waals surface area (Å²) in [4.78, 5) is 32.9. The molecule has 0 aromatic heterocycles. The molecule has 1 aliphatic heterocycles. The molecular formula is C23H27N5O4. The number of carbonyl (C=O) groups is 2. The second kappa shape index (κ2) is 8.88. The van der Waals surface area contributed by atoms with Crippen LogP contribution in [-0.4, -0.2) is 53.5 Å². The minimum absolute atomic E-state index is 0.165. The lowest BCUT2D eigenvalue weighted by atomic mass is 9.89. The summed E-state index contributed by atoms with van der Waals surface area (Å²) in [6.45, 7) is 1.02. The lowest BCUT2D eigenvalue weighted by Crippen LogP contribution is -2.53. The van der Waals surface area contributed by atoms with Gasteiger partial charge in [-0.25, -0.2) is 0 Å². The molecule has 168 valence electrons. The maximum Gasteiger partial charge on any atom is 0.264 e. The van der Waals surface area contributed by atoms with Crippen molar-refractivity contribution < 1.29 is 19.5 Å². The van der Waals surface area contributed by atoms with Crippen molar-refractivity contribution in [1.82, 2.24) is 10.2 Å². The van der Waals surface area contributed by atoms with Crippen LogP contribution >= 0.6 is 0 Å². The fourth-order valence-corrected chi connectivity index (χ4v) is 4.52. The molecule has 2 aliphatic rings. The van der Waals surface area contributed by atoms with E-state index in [2.05, 4.69) is 10.5 Å². The first-order valence-corrected chi connectivity index (χ1v) is 10.7. The lowest BCUT2D eigenvalue weighted by Gasteiger charge is -2.32. The van der Waals surface area contributed by atoms with Crippen LogP contribution in [0.15, 0.2) is 53.7 Å². The fraction of sp³-hybridized carbons (Fsp3) is 0.348. The highest BCUT2D eigenvalue weighted by atomic mass is 16.6. The van der Waals surface area contributed by atoms with Crippen molar-refractivity contribution in [2.45, 2.75) is 30.9 Å². The summed E-state index contributed by atoms with van der Waals surface area (Å²) in [6.07, 6.45) is 1.74. The Bertz CT molecular complexity index is 1000. The average Bonchev–Trinajstić information content (AvgIpc) is 3.39. The number of nitrogens with zero attached hydrogens (tertiary/aromatic N) is 2. The van der Waals surface area contributed by atoms with Gasteiger partial charge in [0.2, 0.25) is 11.9 Å². The second-order valence-electron chi connectivity index (χ2n) is 7.95. The standard InChI is InChI=1S/C23H27N5O4/c24-22(25)27-32-14-6-12-26-20(29)19-11-5-13-28(19)21(30)23(31)17-9-3-1-7-15(17)16-8-2-4-10-18(16)23/h1-4,7-10,19,31H,5-6,11-14H2,(H,26,29)(H4,24,25,27)/t19-/m0/s1. The van der Waals surface area contributed by atoms with E-state index in [9.17, 15) is 14.7 Å². The number of amides is 2. The maximum absolute atomic E-state index is 13.7. The minimum atomic E-state index is -1.82. The monoisotopic (exact) mass is 437 g/mol. The average molecular weight is 438 g/mol. The molecule has 0 radical (unpaired) electrons. The number of nitrogens with two attached hydrogens (primary N) is 2. The summed E-state index contributed by atoms with van der Waals surface area (Å²) in [5.74, 6) is -0.883. The molecular weight excluding hydrogens is 410 g/mol. The Kier molecular flexibility index (Phi) is 6.00. The zero-order chi connectivity index (χ0) is 22.7. The number of hydrogen-bond acceptors (Lipinski definition) is 5. The predicted molar refractivity (Wildman–Crippen MR) is 119 cm³/mol. The van der Waals surface area contributed by atoms with Crippen molar-refractivity contribution in [2.75, 3.05) is 19.7 Å². The predicted octanol–water partition coefficient (Wildman–Crippen LogP) is 0.605. The zero-order valence-corrected chi connectivity index (χ0v) is 17.7. The Labute approximate surface area is 186 Å². The van der Waals surface area contributed by atoms with Crippen LogP contribution in [0, 0.1) is 0 Å². The third-order valence-electron chi connectivity index (χ3n) is 5.93. The molecule has 1 saturated heterocycles. The maximum atomic E-state index is 13.7. The number of benzene rings is 2. The van der Waals surface area contributed by atoms with E-state index in [4.69, 9.17) is 16.3 Å². The van der Waals surface area contributed by atoms with Gasteiger partial charge in [-0.3, -0.25) is 9.59 Å². The summed E-state index contributed by atoms with van der Waals surface area (Å²) in [7, 11) is 0. The van der Waals surface area contributed by atoms with E-state index in [1.807, 2.05) is 36.4 Å². The smallest absolute Gasteiger partial charge is 0.264 e. The first kappa shape index (κ1) is 21.6. The van der Waals surface area contributed by atoms with Gasteiger partial charge in [0, 0.05) is 30.6 Å². The molecule has 9 heteroatoms. The number of fused-ring (bicyclic) bond motifs is 3. The molecule has 2 aromatic rings. The minimum Gasteiger partial charge on any atom is -0.393 e. The first-order valence-electron chi connectivity index (χ1n) is 10.7. The first-order chi connectivity index (χ1) is 15.4. The van der Waals surface area contributed by atoms with Crippen LogP contribution in [0.5, 0.6) is 0 Å². The van der Waals surface area contributed by atoms with Gasteiger partial charge in [0.05, 0.1) is 0 Å². The normalized spacial score (nSPS) is 17.9. The van der Waals surface area contributed by atoms with E-state index in [-0.39, 0.29) is 18.5 Å². The number of aliphatic hydroxyl groups is 1. The van der Waals surface area contributed by atoms with E-state index in [0.717, 1.165) is 11.1 Å². The number of rotatable bonds is 7. The zero-order valence-electron chi connectivity index (χ0n) is 17.7. The highest BCUT2D eigenvalue weighted by Gasteiger charge is 2.52. The number of nitrogens with one attached hydrogen (secondary N) is 1. The molecule has 4 rings (SSSR count). The molecule has 0 unspecified atom stereocenters. The molecule has 2 aromatic carbocycles. The van der Waals surface area contributed by atoms with Crippen LogP contribution in [0.2, 0.25) is 0 Å². The molecule has 1 heterocycles. The Morgan fingerprint density at radius 1 is 1.12 bits per heavy atom. The molecule has 9 nitrogen and oxygen atoms in total. The highest BCUT2D eigenvalue weighted by Crippen LogP contribution is 2.48. The van der Waals surface area contributed by atoms with Crippen LogP contribution in [0.3, 0.4) is 0 Å². The summed E-state index contributed by atoms with van der Waals surface area (Å²) < 4.78 is 0. The SMILES string of the molecule is NC(N)=NOCCCNC(=O)[C@@H]1CCCN1C(=O)C1(O)c2ccccc2-c2ccccc21. The molecule has 1 atom stereocenters. The van der Waals surface area contributed by atoms with Crippen molar-refractivity contribution in [1.29, 1.82) is 0 Å². The molecule has 1 fully saturated rings. The molecule has 0 saturated carbocycles. The van der Waals surface area contributed by atoms with Gasteiger partial charge in [-0.1, -0.05) is 48.5 Å². The van der Waals surface area contributed by atoms with Gasteiger partial charge in [0.25, 0.3) is 5.91 Å². The van der Waals surface area contributed by atoms with Gasteiger partial charge in [-0.15, -0.1) is 0 Å². The molecule has 2 amide bonds. The van der Waals surface area contributed by atoms with E-state index in [1.54, 1.807) is 12.1 Å². The van der Waals surface area contributed by atoms with Crippen molar-refractivity contribution >= 4 is 17.8 Å². The van der Waals surface area contributed by atoms with Gasteiger partial charge in [0.1, 0.15) is 12.6 Å². The Hall–Kier alpha value is -3.59. The van der Waals surface area contributed by atoms with Gasteiger partial charge in [-0.2, -0.15) is 0 Å². The topological polar surface area (TPSA) is 143 Å². The Morgan fingerprint density at radius 3 is 2.38 bits per heavy atom. The van der Waals surface area contributed by atoms with E-state index >= 15 is 0 Å². The Balaban J connectivity index is 1.49.